The van der Waals surface area contributed by atoms with Crippen molar-refractivity contribution in [2.75, 3.05) is 6.61 Å². The van der Waals surface area contributed by atoms with Crippen molar-refractivity contribution in [3.05, 3.63) is 0 Å². The summed E-state index contributed by atoms with van der Waals surface area (Å²) in [6, 6.07) is 0. The fraction of sp³-hybridized carbons (Fsp3) is 0.950. The van der Waals surface area contributed by atoms with Gasteiger partial charge < -0.3 is 14.5 Å². The summed E-state index contributed by atoms with van der Waals surface area (Å²) in [6.07, 6.45) is 10.4. The highest BCUT2D eigenvalue weighted by Crippen LogP contribution is 2.36. The van der Waals surface area contributed by atoms with Crippen LogP contribution in [-0.2, 0) is 18.6 Å². The summed E-state index contributed by atoms with van der Waals surface area (Å²) in [6.45, 7) is 1.47. The second-order valence-electron chi connectivity index (χ2n) is 7.52. The first-order valence-electron chi connectivity index (χ1n) is 10.9. The van der Waals surface area contributed by atoms with E-state index < -0.39 is 39.3 Å². The lowest BCUT2D eigenvalue weighted by molar-refractivity contribution is -0.153. The van der Waals surface area contributed by atoms with Gasteiger partial charge in [0.2, 0.25) is 6.43 Å². The Labute approximate surface area is 174 Å². The SMILES string of the molecule is CCCCCCCCCCCCCCCC(=O)O[C@@H](COP(=O)(O)O)CC(F)F. The van der Waals surface area contributed by atoms with Crippen molar-refractivity contribution >= 4 is 13.8 Å². The average molecular weight is 444 g/mol. The van der Waals surface area contributed by atoms with Gasteiger partial charge in [-0.15, -0.1) is 0 Å². The van der Waals surface area contributed by atoms with Crippen LogP contribution in [0.1, 0.15) is 103 Å². The van der Waals surface area contributed by atoms with Crippen molar-refractivity contribution in [2.24, 2.45) is 0 Å². The number of halogens is 2. The van der Waals surface area contributed by atoms with Gasteiger partial charge in [0, 0.05) is 12.8 Å². The van der Waals surface area contributed by atoms with Crippen LogP contribution in [0.2, 0.25) is 0 Å². The summed E-state index contributed by atoms with van der Waals surface area (Å²) in [4.78, 5) is 29.0. The second kappa shape index (κ2) is 18.2. The predicted octanol–water partition coefficient (Wildman–Crippen LogP) is 6.14. The van der Waals surface area contributed by atoms with Crippen LogP contribution in [-0.4, -0.2) is 34.9 Å². The predicted molar refractivity (Wildman–Crippen MR) is 109 cm³/mol. The smallest absolute Gasteiger partial charge is 0.460 e. The van der Waals surface area contributed by atoms with E-state index in [-0.39, 0.29) is 6.42 Å². The van der Waals surface area contributed by atoms with E-state index in [1.54, 1.807) is 0 Å². The molecule has 0 aromatic rings. The zero-order valence-electron chi connectivity index (χ0n) is 17.7. The molecule has 0 fully saturated rings. The number of carbonyl (C=O) groups excluding carboxylic acids is 1. The van der Waals surface area contributed by atoms with Crippen LogP contribution >= 0.6 is 7.82 Å². The van der Waals surface area contributed by atoms with Crippen molar-refractivity contribution in [3.63, 3.8) is 0 Å². The molecule has 0 amide bonds. The molecule has 0 heterocycles. The van der Waals surface area contributed by atoms with Gasteiger partial charge in [-0.2, -0.15) is 0 Å². The summed E-state index contributed by atoms with van der Waals surface area (Å²) in [5.41, 5.74) is 0. The summed E-state index contributed by atoms with van der Waals surface area (Å²) >= 11 is 0. The maximum atomic E-state index is 12.5. The second-order valence-corrected chi connectivity index (χ2v) is 8.76. The van der Waals surface area contributed by atoms with E-state index in [1.165, 1.54) is 57.8 Å². The van der Waals surface area contributed by atoms with E-state index in [9.17, 15) is 18.1 Å². The maximum absolute atomic E-state index is 12.5. The molecule has 0 unspecified atom stereocenters. The zero-order valence-corrected chi connectivity index (χ0v) is 18.6. The molecule has 0 aliphatic carbocycles. The summed E-state index contributed by atoms with van der Waals surface area (Å²) in [5.74, 6) is -0.645. The highest BCUT2D eigenvalue weighted by atomic mass is 31.2. The summed E-state index contributed by atoms with van der Waals surface area (Å²) < 4.78 is 44.7. The molecule has 29 heavy (non-hydrogen) atoms. The van der Waals surface area contributed by atoms with Crippen molar-refractivity contribution in [2.45, 2.75) is 116 Å². The molecule has 9 heteroatoms. The number of ether oxygens (including phenoxy) is 1. The molecule has 6 nitrogen and oxygen atoms in total. The molecule has 2 N–H and O–H groups in total. The van der Waals surface area contributed by atoms with E-state index in [4.69, 9.17) is 14.5 Å². The Kier molecular flexibility index (Phi) is 17.9. The quantitative estimate of drug-likeness (QED) is 0.133. The monoisotopic (exact) mass is 444 g/mol. The van der Waals surface area contributed by atoms with Crippen molar-refractivity contribution in [1.82, 2.24) is 0 Å². The lowest BCUT2D eigenvalue weighted by Gasteiger charge is -2.18. The zero-order chi connectivity index (χ0) is 22.0. The Hall–Kier alpha value is -0.560. The Morgan fingerprint density at radius 1 is 0.862 bits per heavy atom. The Balaban J connectivity index is 3.66. The first-order chi connectivity index (χ1) is 13.7. The van der Waals surface area contributed by atoms with Crippen LogP contribution in [0.15, 0.2) is 0 Å². The van der Waals surface area contributed by atoms with Gasteiger partial charge in [-0.3, -0.25) is 9.32 Å². The number of phosphoric ester groups is 1. The molecule has 0 saturated carbocycles. The van der Waals surface area contributed by atoms with Crippen LogP contribution in [0.4, 0.5) is 8.78 Å². The number of carbonyl (C=O) groups is 1. The molecular formula is C20H39F2O6P. The first-order valence-corrected chi connectivity index (χ1v) is 12.4. The van der Waals surface area contributed by atoms with Gasteiger partial charge in [0.25, 0.3) is 0 Å². The third-order valence-electron chi connectivity index (χ3n) is 4.65. The summed E-state index contributed by atoms with van der Waals surface area (Å²) in [7, 11) is -4.79. The standard InChI is InChI=1S/C20H39F2O6P/c1-2-3-4-5-6-7-8-9-10-11-12-13-14-15-20(23)28-18(16-19(21)22)17-27-29(24,25)26/h18-19H,2-17H2,1H3,(H2,24,25,26)/t18-/m1/s1. The fourth-order valence-electron chi connectivity index (χ4n) is 3.06. The number of esters is 1. The number of unbranched alkanes of at least 4 members (excludes halogenated alkanes) is 12. The van der Waals surface area contributed by atoms with Crippen molar-refractivity contribution in [3.8, 4) is 0 Å². The minimum absolute atomic E-state index is 0.105. The lowest BCUT2D eigenvalue weighted by atomic mass is 10.0. The fourth-order valence-corrected chi connectivity index (χ4v) is 3.42. The molecule has 0 aliphatic heterocycles. The lowest BCUT2D eigenvalue weighted by Crippen LogP contribution is -2.25. The van der Waals surface area contributed by atoms with E-state index >= 15 is 0 Å². The number of rotatable bonds is 20. The third kappa shape index (κ3) is 22.0. The minimum atomic E-state index is -4.79. The van der Waals surface area contributed by atoms with Gasteiger partial charge in [0.15, 0.2) is 0 Å². The van der Waals surface area contributed by atoms with Gasteiger partial charge in [0.05, 0.1) is 6.61 Å². The van der Waals surface area contributed by atoms with Crippen molar-refractivity contribution < 1.29 is 37.2 Å². The molecule has 0 bridgehead atoms. The van der Waals surface area contributed by atoms with Gasteiger partial charge in [-0.1, -0.05) is 84.0 Å². The molecule has 0 rings (SSSR count). The topological polar surface area (TPSA) is 93.1 Å². The largest absolute Gasteiger partial charge is 0.469 e. The molecule has 0 aromatic heterocycles. The van der Waals surface area contributed by atoms with Gasteiger partial charge >= 0.3 is 13.8 Å². The Morgan fingerprint density at radius 3 is 1.72 bits per heavy atom. The van der Waals surface area contributed by atoms with Gasteiger partial charge in [-0.25, -0.2) is 13.3 Å². The number of alkyl halides is 2. The molecule has 0 radical (unpaired) electrons. The van der Waals surface area contributed by atoms with E-state index in [0.717, 1.165) is 19.3 Å². The normalized spacial score (nSPS) is 13.0. The van der Waals surface area contributed by atoms with Crippen LogP contribution in [0.25, 0.3) is 0 Å². The number of hydrogen-bond donors (Lipinski definition) is 2. The molecule has 1 atom stereocenters. The molecule has 0 aromatic carbocycles. The highest BCUT2D eigenvalue weighted by molar-refractivity contribution is 7.46. The summed E-state index contributed by atoms with van der Waals surface area (Å²) in [5, 5.41) is 0. The van der Waals surface area contributed by atoms with Crippen molar-refractivity contribution in [1.29, 1.82) is 0 Å². The minimum Gasteiger partial charge on any atom is -0.460 e. The highest BCUT2D eigenvalue weighted by Gasteiger charge is 2.24. The van der Waals surface area contributed by atoms with Crippen LogP contribution in [0.3, 0.4) is 0 Å². The van der Waals surface area contributed by atoms with E-state index in [0.29, 0.717) is 6.42 Å². The average Bonchev–Trinajstić information content (AvgIpc) is 2.62. The van der Waals surface area contributed by atoms with Crippen LogP contribution in [0.5, 0.6) is 0 Å². The maximum Gasteiger partial charge on any atom is 0.469 e. The first kappa shape index (κ1) is 28.4. The van der Waals surface area contributed by atoms with E-state index in [1.807, 2.05) is 0 Å². The molecule has 0 saturated heterocycles. The molecule has 174 valence electrons. The van der Waals surface area contributed by atoms with Gasteiger partial charge in [0.1, 0.15) is 6.10 Å². The third-order valence-corrected chi connectivity index (χ3v) is 5.14. The van der Waals surface area contributed by atoms with Crippen LogP contribution in [0, 0.1) is 0 Å². The molecular weight excluding hydrogens is 405 g/mol. The van der Waals surface area contributed by atoms with E-state index in [2.05, 4.69) is 11.4 Å². The Morgan fingerprint density at radius 2 is 1.31 bits per heavy atom. The van der Waals surface area contributed by atoms with Crippen LogP contribution < -0.4 is 0 Å². The number of phosphoric acid groups is 1. The Bertz CT molecular complexity index is 445. The van der Waals surface area contributed by atoms with Gasteiger partial charge in [-0.05, 0) is 6.42 Å². The number of hydrogen-bond acceptors (Lipinski definition) is 4. The molecule has 0 spiro atoms. The molecule has 0 aliphatic rings.